The SMILES string of the molecule is O=C1c2ccc(Br)cc2C(=O)N1C1CCCNC1. The van der Waals surface area contributed by atoms with Crippen LogP contribution in [0.2, 0.25) is 0 Å². The Bertz CT molecular complexity index is 524. The summed E-state index contributed by atoms with van der Waals surface area (Å²) >= 11 is 3.33. The second-order valence-corrected chi connectivity index (χ2v) is 5.59. The van der Waals surface area contributed by atoms with Crippen LogP contribution in [0.15, 0.2) is 22.7 Å². The fraction of sp³-hybridized carbons (Fsp3) is 0.385. The monoisotopic (exact) mass is 308 g/mol. The van der Waals surface area contributed by atoms with Crippen LogP contribution in [0.3, 0.4) is 0 Å². The second kappa shape index (κ2) is 4.48. The third-order valence-corrected chi connectivity index (χ3v) is 4.01. The molecule has 0 saturated carbocycles. The summed E-state index contributed by atoms with van der Waals surface area (Å²) in [5.41, 5.74) is 1.04. The maximum absolute atomic E-state index is 12.3. The number of halogens is 1. The Labute approximate surface area is 113 Å². The van der Waals surface area contributed by atoms with E-state index in [1.165, 1.54) is 4.90 Å². The molecule has 0 radical (unpaired) electrons. The fourth-order valence-corrected chi connectivity index (χ4v) is 2.98. The molecule has 1 aromatic rings. The third-order valence-electron chi connectivity index (χ3n) is 3.52. The van der Waals surface area contributed by atoms with E-state index in [0.717, 1.165) is 23.9 Å². The molecule has 1 N–H and O–H groups in total. The van der Waals surface area contributed by atoms with E-state index in [9.17, 15) is 9.59 Å². The number of nitrogens with one attached hydrogen (secondary N) is 1. The van der Waals surface area contributed by atoms with E-state index in [-0.39, 0.29) is 17.9 Å². The molecule has 18 heavy (non-hydrogen) atoms. The first kappa shape index (κ1) is 11.9. The molecule has 0 aliphatic carbocycles. The van der Waals surface area contributed by atoms with Crippen LogP contribution < -0.4 is 5.32 Å². The van der Waals surface area contributed by atoms with Crippen molar-refractivity contribution in [3.63, 3.8) is 0 Å². The van der Waals surface area contributed by atoms with Crippen LogP contribution in [-0.4, -0.2) is 35.8 Å². The number of hydrogen-bond acceptors (Lipinski definition) is 3. The van der Waals surface area contributed by atoms with Crippen molar-refractivity contribution in [1.82, 2.24) is 10.2 Å². The van der Waals surface area contributed by atoms with E-state index >= 15 is 0 Å². The van der Waals surface area contributed by atoms with Gasteiger partial charge < -0.3 is 5.32 Å². The molecule has 2 aliphatic heterocycles. The highest BCUT2D eigenvalue weighted by Gasteiger charge is 2.40. The first-order chi connectivity index (χ1) is 8.68. The maximum Gasteiger partial charge on any atom is 0.261 e. The summed E-state index contributed by atoms with van der Waals surface area (Å²) in [6.07, 6.45) is 1.89. The first-order valence-electron chi connectivity index (χ1n) is 6.06. The van der Waals surface area contributed by atoms with Gasteiger partial charge in [-0.2, -0.15) is 0 Å². The summed E-state index contributed by atoms with van der Waals surface area (Å²) in [7, 11) is 0. The largest absolute Gasteiger partial charge is 0.315 e. The number of rotatable bonds is 1. The minimum Gasteiger partial charge on any atom is -0.315 e. The molecule has 2 heterocycles. The molecule has 1 unspecified atom stereocenters. The number of fused-ring (bicyclic) bond motifs is 1. The van der Waals surface area contributed by atoms with Gasteiger partial charge in [-0.15, -0.1) is 0 Å². The molecule has 3 rings (SSSR count). The zero-order valence-electron chi connectivity index (χ0n) is 9.78. The van der Waals surface area contributed by atoms with Gasteiger partial charge in [0.25, 0.3) is 11.8 Å². The highest BCUT2D eigenvalue weighted by Crippen LogP contribution is 2.28. The van der Waals surface area contributed by atoms with Crippen molar-refractivity contribution < 1.29 is 9.59 Å². The van der Waals surface area contributed by atoms with Crippen molar-refractivity contribution in [2.24, 2.45) is 0 Å². The smallest absolute Gasteiger partial charge is 0.261 e. The van der Waals surface area contributed by atoms with Gasteiger partial charge in [-0.3, -0.25) is 14.5 Å². The van der Waals surface area contributed by atoms with Gasteiger partial charge in [0, 0.05) is 11.0 Å². The number of hydrogen-bond donors (Lipinski definition) is 1. The molecule has 2 amide bonds. The van der Waals surface area contributed by atoms with Gasteiger partial charge in [0.15, 0.2) is 0 Å². The number of nitrogens with zero attached hydrogens (tertiary/aromatic N) is 1. The maximum atomic E-state index is 12.3. The Morgan fingerprint density at radius 2 is 2.00 bits per heavy atom. The predicted molar refractivity (Wildman–Crippen MR) is 70.5 cm³/mol. The topological polar surface area (TPSA) is 49.4 Å². The molecular formula is C13H13BrN2O2. The van der Waals surface area contributed by atoms with Gasteiger partial charge in [-0.1, -0.05) is 15.9 Å². The van der Waals surface area contributed by atoms with Crippen molar-refractivity contribution in [2.75, 3.05) is 13.1 Å². The van der Waals surface area contributed by atoms with E-state index in [0.29, 0.717) is 17.7 Å². The van der Waals surface area contributed by atoms with E-state index < -0.39 is 0 Å². The Morgan fingerprint density at radius 3 is 2.72 bits per heavy atom. The minimum atomic E-state index is -0.162. The molecule has 4 nitrogen and oxygen atoms in total. The molecule has 1 atom stereocenters. The lowest BCUT2D eigenvalue weighted by atomic mass is 10.1. The number of benzene rings is 1. The van der Waals surface area contributed by atoms with Gasteiger partial charge in [-0.25, -0.2) is 0 Å². The molecule has 2 aliphatic rings. The van der Waals surface area contributed by atoms with Gasteiger partial charge in [0.05, 0.1) is 17.2 Å². The average Bonchev–Trinajstić information content (AvgIpc) is 2.63. The Hall–Kier alpha value is -1.20. The van der Waals surface area contributed by atoms with E-state index in [4.69, 9.17) is 0 Å². The highest BCUT2D eigenvalue weighted by atomic mass is 79.9. The first-order valence-corrected chi connectivity index (χ1v) is 6.86. The fourth-order valence-electron chi connectivity index (χ4n) is 2.62. The number of carbonyl (C=O) groups excluding carboxylic acids is 2. The molecule has 0 spiro atoms. The normalized spacial score (nSPS) is 23.4. The van der Waals surface area contributed by atoms with Crippen LogP contribution in [0.1, 0.15) is 33.6 Å². The quantitative estimate of drug-likeness (QED) is 0.805. The summed E-state index contributed by atoms with van der Waals surface area (Å²) in [6, 6.07) is 5.24. The Morgan fingerprint density at radius 1 is 1.22 bits per heavy atom. The number of piperidine rings is 1. The summed E-state index contributed by atoms with van der Waals surface area (Å²) in [4.78, 5) is 26.0. The summed E-state index contributed by atoms with van der Waals surface area (Å²) in [5.74, 6) is -0.318. The van der Waals surface area contributed by atoms with Crippen molar-refractivity contribution in [3.05, 3.63) is 33.8 Å². The van der Waals surface area contributed by atoms with Crippen LogP contribution in [0.25, 0.3) is 0 Å². The molecule has 94 valence electrons. The van der Waals surface area contributed by atoms with Gasteiger partial charge in [0.2, 0.25) is 0 Å². The molecule has 0 bridgehead atoms. The van der Waals surface area contributed by atoms with Crippen LogP contribution in [0, 0.1) is 0 Å². The van der Waals surface area contributed by atoms with Gasteiger partial charge in [0.1, 0.15) is 0 Å². The number of imide groups is 1. The van der Waals surface area contributed by atoms with Crippen molar-refractivity contribution >= 4 is 27.7 Å². The van der Waals surface area contributed by atoms with Crippen molar-refractivity contribution in [2.45, 2.75) is 18.9 Å². The standard InChI is InChI=1S/C13H13BrN2O2/c14-8-3-4-10-11(6-8)13(18)16(12(10)17)9-2-1-5-15-7-9/h3-4,6,9,15H,1-2,5,7H2. The van der Waals surface area contributed by atoms with Crippen molar-refractivity contribution in [1.29, 1.82) is 0 Å². The number of carbonyl (C=O) groups is 2. The van der Waals surface area contributed by atoms with Gasteiger partial charge >= 0.3 is 0 Å². The molecule has 1 saturated heterocycles. The lowest BCUT2D eigenvalue weighted by Gasteiger charge is -2.29. The second-order valence-electron chi connectivity index (χ2n) is 4.67. The van der Waals surface area contributed by atoms with Crippen LogP contribution in [-0.2, 0) is 0 Å². The van der Waals surface area contributed by atoms with Crippen LogP contribution in [0.4, 0.5) is 0 Å². The molecule has 5 heteroatoms. The summed E-state index contributed by atoms with van der Waals surface area (Å²) in [5, 5.41) is 3.24. The summed E-state index contributed by atoms with van der Waals surface area (Å²) in [6.45, 7) is 1.66. The van der Waals surface area contributed by atoms with E-state index in [2.05, 4.69) is 21.2 Å². The Kier molecular flexibility index (Phi) is 2.95. The highest BCUT2D eigenvalue weighted by molar-refractivity contribution is 9.10. The zero-order chi connectivity index (χ0) is 12.7. The lowest BCUT2D eigenvalue weighted by Crippen LogP contribution is -2.48. The predicted octanol–water partition coefficient (Wildman–Crippen LogP) is 1.80. The average molecular weight is 309 g/mol. The zero-order valence-corrected chi connectivity index (χ0v) is 11.4. The third kappa shape index (κ3) is 1.78. The van der Waals surface area contributed by atoms with Gasteiger partial charge in [-0.05, 0) is 37.6 Å². The Balaban J connectivity index is 1.96. The van der Waals surface area contributed by atoms with E-state index in [1.54, 1.807) is 18.2 Å². The minimum absolute atomic E-state index is 0.00933. The molecule has 1 fully saturated rings. The van der Waals surface area contributed by atoms with E-state index in [1.807, 2.05) is 0 Å². The summed E-state index contributed by atoms with van der Waals surface area (Å²) < 4.78 is 0.825. The van der Waals surface area contributed by atoms with Crippen molar-refractivity contribution in [3.8, 4) is 0 Å². The molecule has 0 aromatic heterocycles. The van der Waals surface area contributed by atoms with Crippen LogP contribution >= 0.6 is 15.9 Å². The van der Waals surface area contributed by atoms with Crippen LogP contribution in [0.5, 0.6) is 0 Å². The molecular weight excluding hydrogens is 296 g/mol. The number of amides is 2. The molecule has 1 aromatic carbocycles. The lowest BCUT2D eigenvalue weighted by molar-refractivity contribution is 0.0561.